The molecule has 4 rings (SSSR count). The van der Waals surface area contributed by atoms with Crippen LogP contribution in [0.5, 0.6) is 0 Å². The van der Waals surface area contributed by atoms with Crippen molar-refractivity contribution in [3.63, 3.8) is 0 Å². The van der Waals surface area contributed by atoms with Crippen LogP contribution < -0.4 is 10.6 Å². The Hall–Kier alpha value is -3.19. The Kier molecular flexibility index (Phi) is 8.53. The lowest BCUT2D eigenvalue weighted by atomic mass is 9.84. The lowest BCUT2D eigenvalue weighted by Crippen LogP contribution is -2.51. The Labute approximate surface area is 206 Å². The Balaban J connectivity index is 1.52. The Bertz CT molecular complexity index is 1070. The number of hydrogen-bond acceptors (Lipinski definition) is 5. The maximum atomic E-state index is 13.4. The minimum atomic E-state index is -1.12. The van der Waals surface area contributed by atoms with Gasteiger partial charge in [-0.2, -0.15) is 0 Å². The second kappa shape index (κ2) is 12.0. The first-order valence-corrected chi connectivity index (χ1v) is 12.6. The molecule has 1 aliphatic rings. The highest BCUT2D eigenvalue weighted by molar-refractivity contribution is 5.87. The van der Waals surface area contributed by atoms with E-state index in [0.717, 1.165) is 31.2 Å². The molecule has 7 nitrogen and oxygen atoms in total. The predicted octanol–water partition coefficient (Wildman–Crippen LogP) is 4.45. The average molecular weight is 478 g/mol. The molecule has 1 aromatic heterocycles. The molecular weight excluding hydrogens is 442 g/mol. The zero-order valence-electron chi connectivity index (χ0n) is 20.3. The fourth-order valence-corrected chi connectivity index (χ4v) is 4.98. The van der Waals surface area contributed by atoms with Crippen LogP contribution in [0.3, 0.4) is 0 Å². The van der Waals surface area contributed by atoms with Crippen LogP contribution in [0.25, 0.3) is 11.1 Å². The van der Waals surface area contributed by atoms with Crippen LogP contribution in [0.2, 0.25) is 0 Å². The Morgan fingerprint density at radius 1 is 1.03 bits per heavy atom. The maximum absolute atomic E-state index is 13.4. The van der Waals surface area contributed by atoms with Gasteiger partial charge in [-0.05, 0) is 42.9 Å². The van der Waals surface area contributed by atoms with Crippen molar-refractivity contribution in [1.82, 2.24) is 15.6 Å². The highest BCUT2D eigenvalue weighted by Crippen LogP contribution is 2.28. The number of carbonyl (C=O) groups is 2. The van der Waals surface area contributed by atoms with E-state index < -0.39 is 18.2 Å². The third kappa shape index (κ3) is 6.92. The molecule has 186 valence electrons. The molecule has 7 heteroatoms. The predicted molar refractivity (Wildman–Crippen MR) is 134 cm³/mol. The van der Waals surface area contributed by atoms with Gasteiger partial charge in [-0.15, -0.1) is 0 Å². The summed E-state index contributed by atoms with van der Waals surface area (Å²) < 4.78 is 5.81. The van der Waals surface area contributed by atoms with Crippen molar-refractivity contribution in [3.8, 4) is 0 Å². The van der Waals surface area contributed by atoms with Crippen LogP contribution in [0, 0.1) is 5.92 Å². The number of oxazole rings is 1. The van der Waals surface area contributed by atoms with Crippen molar-refractivity contribution in [2.75, 3.05) is 0 Å². The molecule has 3 N–H and O–H groups in total. The highest BCUT2D eigenvalue weighted by atomic mass is 16.4. The van der Waals surface area contributed by atoms with Gasteiger partial charge in [0.15, 0.2) is 11.7 Å². The number of carbonyl (C=O) groups excluding carboxylic acids is 2. The summed E-state index contributed by atoms with van der Waals surface area (Å²) in [5, 5.41) is 17.1. The van der Waals surface area contributed by atoms with E-state index in [2.05, 4.69) is 15.6 Å². The van der Waals surface area contributed by atoms with Crippen molar-refractivity contribution >= 4 is 22.9 Å². The molecule has 1 aliphatic carbocycles. The molecule has 3 aromatic rings. The van der Waals surface area contributed by atoms with Crippen molar-refractivity contribution in [2.45, 2.75) is 76.5 Å². The van der Waals surface area contributed by atoms with E-state index in [1.807, 2.05) is 48.5 Å². The van der Waals surface area contributed by atoms with Crippen LogP contribution in [0.15, 0.2) is 59.0 Å². The summed E-state index contributed by atoms with van der Waals surface area (Å²) in [6, 6.07) is 16.0. The highest BCUT2D eigenvalue weighted by Gasteiger charge is 2.31. The van der Waals surface area contributed by atoms with Crippen molar-refractivity contribution in [2.24, 2.45) is 5.92 Å². The lowest BCUT2D eigenvalue weighted by molar-refractivity contribution is -0.129. The lowest BCUT2D eigenvalue weighted by Gasteiger charge is -2.29. The van der Waals surface area contributed by atoms with E-state index >= 15 is 0 Å². The first kappa shape index (κ1) is 24.9. The number of benzene rings is 2. The summed E-state index contributed by atoms with van der Waals surface area (Å²) in [6.45, 7) is 1.43. The van der Waals surface area contributed by atoms with E-state index in [9.17, 15) is 14.7 Å². The van der Waals surface area contributed by atoms with Crippen LogP contribution >= 0.6 is 0 Å². The molecule has 1 saturated carbocycles. The largest absolute Gasteiger partial charge is 0.438 e. The first-order valence-electron chi connectivity index (χ1n) is 12.6. The molecular formula is C28H35N3O4. The topological polar surface area (TPSA) is 104 Å². The first-order chi connectivity index (χ1) is 17.0. The van der Waals surface area contributed by atoms with Gasteiger partial charge in [0.2, 0.25) is 17.7 Å². The SMILES string of the molecule is CC(=O)N[C@@H](CC1CCCCC1)C(=O)N[C@H](CCc1ccccc1)C(O)c1nc2ccccc2o1. The minimum absolute atomic E-state index is 0.174. The quantitative estimate of drug-likeness (QED) is 0.400. The van der Waals surface area contributed by atoms with Crippen molar-refractivity contribution in [1.29, 1.82) is 0 Å². The van der Waals surface area contributed by atoms with Gasteiger partial charge < -0.3 is 20.2 Å². The van der Waals surface area contributed by atoms with Gasteiger partial charge in [-0.1, -0.05) is 74.6 Å². The molecule has 1 unspecified atom stereocenters. The number of aliphatic hydroxyl groups excluding tert-OH is 1. The summed E-state index contributed by atoms with van der Waals surface area (Å²) in [7, 11) is 0. The molecule has 3 atom stereocenters. The van der Waals surface area contributed by atoms with E-state index in [1.54, 1.807) is 6.07 Å². The molecule has 0 saturated heterocycles. The Morgan fingerprint density at radius 3 is 2.46 bits per heavy atom. The second-order valence-electron chi connectivity index (χ2n) is 9.60. The van der Waals surface area contributed by atoms with E-state index in [-0.39, 0.29) is 17.7 Å². The second-order valence-corrected chi connectivity index (χ2v) is 9.60. The van der Waals surface area contributed by atoms with Crippen LogP contribution in [0.4, 0.5) is 0 Å². The van der Waals surface area contributed by atoms with E-state index in [0.29, 0.717) is 36.3 Å². The number of rotatable bonds is 10. The van der Waals surface area contributed by atoms with Crippen LogP contribution in [-0.2, 0) is 16.0 Å². The number of aryl methyl sites for hydroxylation is 1. The number of hydrogen-bond donors (Lipinski definition) is 3. The number of aliphatic hydroxyl groups is 1. The van der Waals surface area contributed by atoms with Crippen LogP contribution in [0.1, 0.15) is 69.4 Å². The molecule has 35 heavy (non-hydrogen) atoms. The van der Waals surface area contributed by atoms with Gasteiger partial charge in [0.05, 0.1) is 6.04 Å². The fraction of sp³-hybridized carbons (Fsp3) is 0.464. The summed E-state index contributed by atoms with van der Waals surface area (Å²) in [4.78, 5) is 29.7. The van der Waals surface area contributed by atoms with E-state index in [1.165, 1.54) is 13.3 Å². The summed E-state index contributed by atoms with van der Waals surface area (Å²) >= 11 is 0. The number of amides is 2. The van der Waals surface area contributed by atoms with Gasteiger partial charge in [-0.3, -0.25) is 9.59 Å². The fourth-order valence-electron chi connectivity index (χ4n) is 4.98. The number of aromatic nitrogens is 1. The molecule has 2 amide bonds. The molecule has 1 fully saturated rings. The average Bonchev–Trinajstić information content (AvgIpc) is 3.31. The minimum Gasteiger partial charge on any atom is -0.438 e. The van der Waals surface area contributed by atoms with Crippen molar-refractivity contribution < 1.29 is 19.1 Å². The van der Waals surface area contributed by atoms with Gasteiger partial charge in [-0.25, -0.2) is 4.98 Å². The van der Waals surface area contributed by atoms with Gasteiger partial charge in [0.1, 0.15) is 11.6 Å². The summed E-state index contributed by atoms with van der Waals surface area (Å²) in [5.41, 5.74) is 2.35. The number of nitrogens with zero attached hydrogens (tertiary/aromatic N) is 1. The molecule has 0 bridgehead atoms. The monoisotopic (exact) mass is 477 g/mol. The summed E-state index contributed by atoms with van der Waals surface area (Å²) in [6.07, 6.45) is 6.34. The molecule has 0 aliphatic heterocycles. The number of nitrogens with one attached hydrogen (secondary N) is 2. The van der Waals surface area contributed by atoms with Gasteiger partial charge >= 0.3 is 0 Å². The maximum Gasteiger partial charge on any atom is 0.242 e. The van der Waals surface area contributed by atoms with Crippen LogP contribution in [-0.4, -0.2) is 34.0 Å². The molecule has 2 aromatic carbocycles. The third-order valence-corrected chi connectivity index (χ3v) is 6.85. The molecule has 0 spiro atoms. The smallest absolute Gasteiger partial charge is 0.242 e. The normalized spacial score (nSPS) is 17.0. The zero-order valence-corrected chi connectivity index (χ0v) is 20.3. The number of fused-ring (bicyclic) bond motifs is 1. The summed E-state index contributed by atoms with van der Waals surface area (Å²) in [5.74, 6) is 0.0734. The molecule has 0 radical (unpaired) electrons. The van der Waals surface area contributed by atoms with E-state index in [4.69, 9.17) is 4.42 Å². The zero-order chi connectivity index (χ0) is 24.6. The van der Waals surface area contributed by atoms with Gasteiger partial charge in [0, 0.05) is 6.92 Å². The number of para-hydroxylation sites is 2. The third-order valence-electron chi connectivity index (χ3n) is 6.85. The molecule has 1 heterocycles. The van der Waals surface area contributed by atoms with Gasteiger partial charge in [0.25, 0.3) is 0 Å². The Morgan fingerprint density at radius 2 is 1.74 bits per heavy atom. The van der Waals surface area contributed by atoms with Crippen molar-refractivity contribution in [3.05, 3.63) is 66.1 Å². The standard InChI is InChI=1S/C28H35N3O4/c1-19(32)29-24(18-21-12-6-3-7-13-21)27(34)30-23(17-16-20-10-4-2-5-11-20)26(33)28-31-22-14-8-9-15-25(22)35-28/h2,4-5,8-11,14-15,21,23-24,26,33H,3,6-7,12-13,16-18H2,1H3,(H,29,32)(H,30,34)/t23-,24+,26?/m1/s1.